The Kier molecular flexibility index (Phi) is 4.37. The second-order valence-electron chi connectivity index (χ2n) is 4.80. The quantitative estimate of drug-likeness (QED) is 0.749. The van der Waals surface area contributed by atoms with Gasteiger partial charge in [-0.3, -0.25) is 9.59 Å². The SMILES string of the molecule is COc1ccc(C(=O)NC(C)(C)CC(=O)O)cc1O. The smallest absolute Gasteiger partial charge is 0.305 e. The van der Waals surface area contributed by atoms with Gasteiger partial charge in [-0.2, -0.15) is 0 Å². The molecule has 0 unspecified atom stereocenters. The number of ether oxygens (including phenoxy) is 1. The van der Waals surface area contributed by atoms with Gasteiger partial charge in [0, 0.05) is 11.1 Å². The number of carboxylic acid groups (broad SMARTS) is 1. The molecule has 0 spiro atoms. The maximum Gasteiger partial charge on any atom is 0.305 e. The van der Waals surface area contributed by atoms with E-state index in [9.17, 15) is 14.7 Å². The first kappa shape index (κ1) is 14.8. The second kappa shape index (κ2) is 5.60. The minimum absolute atomic E-state index is 0.147. The molecule has 6 nitrogen and oxygen atoms in total. The average Bonchev–Trinajstić information content (AvgIpc) is 2.26. The number of hydrogen-bond donors (Lipinski definition) is 3. The van der Waals surface area contributed by atoms with Gasteiger partial charge in [-0.25, -0.2) is 0 Å². The van der Waals surface area contributed by atoms with Crippen LogP contribution in [0.3, 0.4) is 0 Å². The summed E-state index contributed by atoms with van der Waals surface area (Å²) in [6.07, 6.45) is -0.194. The maximum absolute atomic E-state index is 11.9. The van der Waals surface area contributed by atoms with Crippen LogP contribution in [0.5, 0.6) is 11.5 Å². The summed E-state index contributed by atoms with van der Waals surface area (Å²) in [5, 5.41) is 20.9. The van der Waals surface area contributed by atoms with Crippen LogP contribution in [0.25, 0.3) is 0 Å². The number of hydrogen-bond acceptors (Lipinski definition) is 4. The van der Waals surface area contributed by atoms with Crippen molar-refractivity contribution < 1.29 is 24.5 Å². The van der Waals surface area contributed by atoms with Gasteiger partial charge in [-0.15, -0.1) is 0 Å². The fourth-order valence-corrected chi connectivity index (χ4v) is 1.63. The van der Waals surface area contributed by atoms with E-state index in [2.05, 4.69) is 5.32 Å². The number of carbonyl (C=O) groups is 2. The lowest BCUT2D eigenvalue weighted by molar-refractivity contribution is -0.138. The molecule has 0 aliphatic carbocycles. The number of aromatic hydroxyl groups is 1. The third kappa shape index (κ3) is 4.17. The summed E-state index contributed by atoms with van der Waals surface area (Å²) in [5.74, 6) is -1.33. The highest BCUT2D eigenvalue weighted by atomic mass is 16.5. The van der Waals surface area contributed by atoms with Crippen molar-refractivity contribution in [1.82, 2.24) is 5.32 Å². The molecule has 0 aliphatic rings. The number of nitrogens with one attached hydrogen (secondary N) is 1. The number of methoxy groups -OCH3 is 1. The van der Waals surface area contributed by atoms with E-state index in [0.717, 1.165) is 0 Å². The molecule has 0 aromatic heterocycles. The van der Waals surface area contributed by atoms with Crippen LogP contribution in [0.15, 0.2) is 18.2 Å². The van der Waals surface area contributed by atoms with Crippen LogP contribution in [-0.4, -0.2) is 34.7 Å². The summed E-state index contributed by atoms with van der Waals surface area (Å²) in [6, 6.07) is 4.23. The molecule has 0 heterocycles. The molecule has 0 fully saturated rings. The van der Waals surface area contributed by atoms with Crippen molar-refractivity contribution in [2.75, 3.05) is 7.11 Å². The fourth-order valence-electron chi connectivity index (χ4n) is 1.63. The third-order valence-electron chi connectivity index (χ3n) is 2.49. The molecule has 0 saturated heterocycles. The van der Waals surface area contributed by atoms with Crippen molar-refractivity contribution in [2.45, 2.75) is 25.8 Å². The van der Waals surface area contributed by atoms with Crippen LogP contribution < -0.4 is 10.1 Å². The largest absolute Gasteiger partial charge is 0.504 e. The summed E-state index contributed by atoms with van der Waals surface area (Å²) in [6.45, 7) is 3.23. The number of phenols is 1. The maximum atomic E-state index is 11.9. The molecule has 0 bridgehead atoms. The zero-order chi connectivity index (χ0) is 14.6. The van der Waals surface area contributed by atoms with Crippen LogP contribution in [-0.2, 0) is 4.79 Å². The predicted octanol–water partition coefficient (Wildman–Crippen LogP) is 1.38. The number of rotatable bonds is 5. The fraction of sp³-hybridized carbons (Fsp3) is 0.385. The van der Waals surface area contributed by atoms with Crippen LogP contribution >= 0.6 is 0 Å². The third-order valence-corrected chi connectivity index (χ3v) is 2.49. The highest BCUT2D eigenvalue weighted by Crippen LogP contribution is 2.26. The van der Waals surface area contributed by atoms with Gasteiger partial charge in [-0.05, 0) is 32.0 Å². The molecule has 0 aliphatic heterocycles. The molecule has 0 atom stereocenters. The number of phenolic OH excluding ortho intramolecular Hbond substituents is 1. The zero-order valence-corrected chi connectivity index (χ0v) is 11.1. The van der Waals surface area contributed by atoms with Crippen molar-refractivity contribution in [3.8, 4) is 11.5 Å². The van der Waals surface area contributed by atoms with E-state index in [1.54, 1.807) is 13.8 Å². The Balaban J connectivity index is 2.84. The van der Waals surface area contributed by atoms with E-state index < -0.39 is 17.4 Å². The van der Waals surface area contributed by atoms with E-state index in [4.69, 9.17) is 9.84 Å². The Labute approximate surface area is 111 Å². The van der Waals surface area contributed by atoms with E-state index in [0.29, 0.717) is 0 Å². The van der Waals surface area contributed by atoms with Gasteiger partial charge in [0.25, 0.3) is 5.91 Å². The second-order valence-corrected chi connectivity index (χ2v) is 4.80. The lowest BCUT2D eigenvalue weighted by Gasteiger charge is -2.24. The van der Waals surface area contributed by atoms with Crippen LogP contribution in [0, 0.1) is 0 Å². The highest BCUT2D eigenvalue weighted by Gasteiger charge is 2.24. The van der Waals surface area contributed by atoms with E-state index in [1.807, 2.05) is 0 Å². The van der Waals surface area contributed by atoms with Crippen molar-refractivity contribution in [1.29, 1.82) is 0 Å². The molecule has 3 N–H and O–H groups in total. The van der Waals surface area contributed by atoms with Gasteiger partial charge in [-0.1, -0.05) is 0 Å². The molecule has 0 saturated carbocycles. The molecule has 104 valence electrons. The molecule has 1 amide bonds. The van der Waals surface area contributed by atoms with Gasteiger partial charge in [0.05, 0.1) is 13.5 Å². The molecule has 19 heavy (non-hydrogen) atoms. The Bertz CT molecular complexity index is 496. The molecule has 6 heteroatoms. The van der Waals surface area contributed by atoms with Crippen molar-refractivity contribution in [2.24, 2.45) is 0 Å². The minimum Gasteiger partial charge on any atom is -0.504 e. The van der Waals surface area contributed by atoms with Crippen LogP contribution in [0.2, 0.25) is 0 Å². The van der Waals surface area contributed by atoms with Crippen molar-refractivity contribution in [3.05, 3.63) is 23.8 Å². The summed E-state index contributed by atoms with van der Waals surface area (Å²) in [5.41, 5.74) is -0.643. The Morgan fingerprint density at radius 2 is 2.00 bits per heavy atom. The van der Waals surface area contributed by atoms with E-state index in [1.165, 1.54) is 25.3 Å². The normalized spacial score (nSPS) is 10.9. The number of carboxylic acids is 1. The number of benzene rings is 1. The van der Waals surface area contributed by atoms with Gasteiger partial charge in [0.2, 0.25) is 0 Å². The Hall–Kier alpha value is -2.24. The van der Waals surface area contributed by atoms with Gasteiger partial charge in [0.1, 0.15) is 0 Å². The van der Waals surface area contributed by atoms with E-state index >= 15 is 0 Å². The molecular weight excluding hydrogens is 250 g/mol. The summed E-state index contributed by atoms with van der Waals surface area (Å²) in [7, 11) is 1.41. The molecular formula is C13H17NO5. The summed E-state index contributed by atoms with van der Waals surface area (Å²) in [4.78, 5) is 22.6. The zero-order valence-electron chi connectivity index (χ0n) is 11.1. The van der Waals surface area contributed by atoms with E-state index in [-0.39, 0.29) is 23.5 Å². The number of aliphatic carboxylic acids is 1. The van der Waals surface area contributed by atoms with Crippen molar-refractivity contribution in [3.63, 3.8) is 0 Å². The molecule has 1 aromatic carbocycles. The van der Waals surface area contributed by atoms with Crippen LogP contribution in [0.1, 0.15) is 30.6 Å². The Morgan fingerprint density at radius 1 is 1.37 bits per heavy atom. The average molecular weight is 267 g/mol. The monoisotopic (exact) mass is 267 g/mol. The standard InChI is InChI=1S/C13H17NO5/c1-13(2,7-11(16)17)14-12(18)8-4-5-10(19-3)9(15)6-8/h4-6,15H,7H2,1-3H3,(H,14,18)(H,16,17). The molecule has 1 aromatic rings. The predicted molar refractivity (Wildman–Crippen MR) is 68.5 cm³/mol. The summed E-state index contributed by atoms with van der Waals surface area (Å²) >= 11 is 0. The minimum atomic E-state index is -0.997. The lowest BCUT2D eigenvalue weighted by Crippen LogP contribution is -2.44. The van der Waals surface area contributed by atoms with Gasteiger partial charge >= 0.3 is 5.97 Å². The Morgan fingerprint density at radius 3 is 2.47 bits per heavy atom. The van der Waals surface area contributed by atoms with Crippen molar-refractivity contribution >= 4 is 11.9 Å². The van der Waals surface area contributed by atoms with Crippen LogP contribution in [0.4, 0.5) is 0 Å². The van der Waals surface area contributed by atoms with Gasteiger partial charge < -0.3 is 20.3 Å². The lowest BCUT2D eigenvalue weighted by atomic mass is 10.00. The number of amides is 1. The van der Waals surface area contributed by atoms with Gasteiger partial charge in [0.15, 0.2) is 11.5 Å². The first-order valence-corrected chi connectivity index (χ1v) is 5.66. The molecule has 1 rings (SSSR count). The molecule has 0 radical (unpaired) electrons. The first-order valence-electron chi connectivity index (χ1n) is 5.66. The highest BCUT2D eigenvalue weighted by molar-refractivity contribution is 5.95. The number of carbonyl (C=O) groups excluding carboxylic acids is 1. The first-order chi connectivity index (χ1) is 8.75. The summed E-state index contributed by atoms with van der Waals surface area (Å²) < 4.78 is 4.87. The topological polar surface area (TPSA) is 95.9 Å².